The van der Waals surface area contributed by atoms with Crippen LogP contribution >= 0.6 is 45.5 Å². The molecule has 1 N–H and O–H groups in total. The third-order valence-corrected chi connectivity index (χ3v) is 4.10. The number of halogens is 2. The van der Waals surface area contributed by atoms with E-state index in [-0.39, 0.29) is 0 Å². The van der Waals surface area contributed by atoms with Gasteiger partial charge in [-0.15, -0.1) is 11.3 Å². The Kier molecular flexibility index (Phi) is 4.58. The quantitative estimate of drug-likeness (QED) is 0.806. The van der Waals surface area contributed by atoms with E-state index in [1.54, 1.807) is 0 Å². The van der Waals surface area contributed by atoms with Gasteiger partial charge in [-0.3, -0.25) is 0 Å². The third-order valence-electron chi connectivity index (χ3n) is 2.08. The number of hydrogen-bond acceptors (Lipinski definition) is 4. The lowest BCUT2D eigenvalue weighted by Crippen LogP contribution is -2.05. The lowest BCUT2D eigenvalue weighted by molar-refractivity contribution is 0.963. The Labute approximate surface area is 123 Å². The van der Waals surface area contributed by atoms with Crippen LogP contribution in [-0.4, -0.2) is 16.5 Å². The smallest absolute Gasteiger partial charge is 0.171 e. The van der Waals surface area contributed by atoms with Crippen molar-refractivity contribution in [2.24, 2.45) is 0 Å². The molecule has 6 heteroatoms. The summed E-state index contributed by atoms with van der Waals surface area (Å²) < 4.78 is 1.78. The van der Waals surface area contributed by atoms with Gasteiger partial charge in [-0.25, -0.2) is 9.97 Å². The first-order valence-electron chi connectivity index (χ1n) is 5.23. The maximum atomic E-state index is 5.91. The van der Waals surface area contributed by atoms with E-state index in [4.69, 9.17) is 11.6 Å². The molecule has 0 aliphatic carbocycles. The fourth-order valence-corrected chi connectivity index (χ4v) is 2.72. The molecule has 0 aromatic carbocycles. The van der Waals surface area contributed by atoms with E-state index in [1.165, 1.54) is 11.3 Å². The number of anilines is 1. The SMILES string of the molecule is CCCNc1nc(-c2ccc(Cl)s2)ncc1I. The van der Waals surface area contributed by atoms with Crippen molar-refractivity contribution >= 4 is 51.3 Å². The normalized spacial score (nSPS) is 10.5. The van der Waals surface area contributed by atoms with Gasteiger partial charge in [0.05, 0.1) is 12.8 Å². The summed E-state index contributed by atoms with van der Waals surface area (Å²) in [5, 5.41) is 3.29. The van der Waals surface area contributed by atoms with Crippen LogP contribution in [0.2, 0.25) is 4.34 Å². The highest BCUT2D eigenvalue weighted by Gasteiger charge is 2.08. The van der Waals surface area contributed by atoms with Crippen LogP contribution in [0.5, 0.6) is 0 Å². The van der Waals surface area contributed by atoms with Crippen LogP contribution in [0.4, 0.5) is 5.82 Å². The Bertz CT molecular complexity index is 515. The topological polar surface area (TPSA) is 37.8 Å². The summed E-state index contributed by atoms with van der Waals surface area (Å²) in [5.41, 5.74) is 0. The predicted molar refractivity (Wildman–Crippen MR) is 81.9 cm³/mol. The van der Waals surface area contributed by atoms with Gasteiger partial charge in [-0.1, -0.05) is 18.5 Å². The molecule has 0 saturated heterocycles. The van der Waals surface area contributed by atoms with Gasteiger partial charge in [0.15, 0.2) is 5.82 Å². The average Bonchev–Trinajstić information content (AvgIpc) is 2.75. The minimum atomic E-state index is 0.723. The first-order chi connectivity index (χ1) is 8.20. The van der Waals surface area contributed by atoms with E-state index >= 15 is 0 Å². The highest BCUT2D eigenvalue weighted by atomic mass is 127. The third kappa shape index (κ3) is 3.29. The van der Waals surface area contributed by atoms with Crippen LogP contribution in [0.15, 0.2) is 18.3 Å². The predicted octanol–water partition coefficient (Wildman–Crippen LogP) is 4.29. The molecule has 0 unspecified atom stereocenters. The zero-order valence-corrected chi connectivity index (χ0v) is 12.9. The van der Waals surface area contributed by atoms with E-state index in [1.807, 2.05) is 18.3 Å². The molecule has 0 amide bonds. The van der Waals surface area contributed by atoms with E-state index in [2.05, 4.69) is 44.8 Å². The van der Waals surface area contributed by atoms with Gasteiger partial charge < -0.3 is 5.32 Å². The fourth-order valence-electron chi connectivity index (χ4n) is 1.29. The van der Waals surface area contributed by atoms with Crippen molar-refractivity contribution in [2.75, 3.05) is 11.9 Å². The molecule has 2 rings (SSSR count). The molecule has 0 atom stereocenters. The Hall–Kier alpha value is -0.400. The standard InChI is InChI=1S/C11H11ClIN3S/c1-2-5-14-10-7(13)6-15-11(16-10)8-3-4-9(12)17-8/h3-4,6H,2,5H2,1H3,(H,14,15,16). The Balaban J connectivity index is 2.30. The zero-order valence-electron chi connectivity index (χ0n) is 9.20. The molecule has 90 valence electrons. The number of aromatic nitrogens is 2. The van der Waals surface area contributed by atoms with Crippen molar-refractivity contribution in [1.82, 2.24) is 9.97 Å². The van der Waals surface area contributed by atoms with Crippen LogP contribution in [-0.2, 0) is 0 Å². The van der Waals surface area contributed by atoms with Crippen molar-refractivity contribution in [3.05, 3.63) is 26.2 Å². The monoisotopic (exact) mass is 379 g/mol. The Morgan fingerprint density at radius 2 is 2.29 bits per heavy atom. The summed E-state index contributed by atoms with van der Waals surface area (Å²) in [7, 11) is 0. The summed E-state index contributed by atoms with van der Waals surface area (Å²) in [6, 6.07) is 3.81. The van der Waals surface area contributed by atoms with Crippen LogP contribution in [0.25, 0.3) is 10.7 Å². The van der Waals surface area contributed by atoms with Crippen molar-refractivity contribution in [3.8, 4) is 10.7 Å². The van der Waals surface area contributed by atoms with Crippen LogP contribution in [0.1, 0.15) is 13.3 Å². The van der Waals surface area contributed by atoms with Gasteiger partial charge in [0, 0.05) is 12.7 Å². The molecule has 2 aromatic heterocycles. The van der Waals surface area contributed by atoms with Crippen LogP contribution in [0, 0.1) is 3.57 Å². The molecule has 0 fully saturated rings. The second-order valence-electron chi connectivity index (χ2n) is 3.42. The summed E-state index contributed by atoms with van der Waals surface area (Å²) in [6.07, 6.45) is 2.90. The zero-order chi connectivity index (χ0) is 12.3. The van der Waals surface area contributed by atoms with Crippen molar-refractivity contribution < 1.29 is 0 Å². The second-order valence-corrected chi connectivity index (χ2v) is 6.30. The van der Waals surface area contributed by atoms with Gasteiger partial charge >= 0.3 is 0 Å². The second kappa shape index (κ2) is 5.97. The maximum Gasteiger partial charge on any atom is 0.171 e. The van der Waals surface area contributed by atoms with Gasteiger partial charge in [0.1, 0.15) is 5.82 Å². The average molecular weight is 380 g/mol. The van der Waals surface area contributed by atoms with Gasteiger partial charge in [0.25, 0.3) is 0 Å². The highest BCUT2D eigenvalue weighted by Crippen LogP contribution is 2.29. The molecule has 0 saturated carbocycles. The number of nitrogens with one attached hydrogen (secondary N) is 1. The van der Waals surface area contributed by atoms with E-state index in [9.17, 15) is 0 Å². The first kappa shape index (κ1) is 13.0. The summed E-state index contributed by atoms with van der Waals surface area (Å²) >= 11 is 9.63. The molecular weight excluding hydrogens is 369 g/mol. The molecule has 0 aliphatic heterocycles. The maximum absolute atomic E-state index is 5.91. The minimum absolute atomic E-state index is 0.723. The summed E-state index contributed by atoms with van der Waals surface area (Å²) in [5.74, 6) is 1.61. The van der Waals surface area contributed by atoms with E-state index in [0.717, 1.165) is 37.4 Å². The van der Waals surface area contributed by atoms with Crippen molar-refractivity contribution in [1.29, 1.82) is 0 Å². The number of thiophene rings is 1. The Morgan fingerprint density at radius 1 is 1.47 bits per heavy atom. The molecular formula is C11H11ClIN3S. The van der Waals surface area contributed by atoms with Crippen LogP contribution < -0.4 is 5.32 Å². The molecule has 0 spiro atoms. The first-order valence-corrected chi connectivity index (χ1v) is 7.50. The molecule has 17 heavy (non-hydrogen) atoms. The summed E-state index contributed by atoms with van der Waals surface area (Å²) in [4.78, 5) is 9.83. The fraction of sp³-hybridized carbons (Fsp3) is 0.273. The van der Waals surface area contributed by atoms with Crippen molar-refractivity contribution in [3.63, 3.8) is 0 Å². The van der Waals surface area contributed by atoms with E-state index in [0.29, 0.717) is 0 Å². The lowest BCUT2D eigenvalue weighted by atomic mass is 10.4. The molecule has 0 aliphatic rings. The van der Waals surface area contributed by atoms with Gasteiger partial charge in [-0.05, 0) is 41.1 Å². The molecule has 3 nitrogen and oxygen atoms in total. The van der Waals surface area contributed by atoms with E-state index < -0.39 is 0 Å². The summed E-state index contributed by atoms with van der Waals surface area (Å²) in [6.45, 7) is 3.04. The minimum Gasteiger partial charge on any atom is -0.369 e. The number of hydrogen-bond donors (Lipinski definition) is 1. The number of rotatable bonds is 4. The van der Waals surface area contributed by atoms with Gasteiger partial charge in [-0.2, -0.15) is 0 Å². The molecule has 2 heterocycles. The van der Waals surface area contributed by atoms with Gasteiger partial charge in [0.2, 0.25) is 0 Å². The Morgan fingerprint density at radius 3 is 2.94 bits per heavy atom. The molecule has 0 radical (unpaired) electrons. The number of nitrogens with zero attached hydrogens (tertiary/aromatic N) is 2. The largest absolute Gasteiger partial charge is 0.369 e. The highest BCUT2D eigenvalue weighted by molar-refractivity contribution is 14.1. The lowest BCUT2D eigenvalue weighted by Gasteiger charge is -2.07. The van der Waals surface area contributed by atoms with Crippen LogP contribution in [0.3, 0.4) is 0 Å². The molecule has 2 aromatic rings. The van der Waals surface area contributed by atoms with Crippen molar-refractivity contribution in [2.45, 2.75) is 13.3 Å². The molecule has 0 bridgehead atoms.